The minimum absolute atomic E-state index is 0.241. The lowest BCUT2D eigenvalue weighted by molar-refractivity contribution is -0.139. The van der Waals surface area contributed by atoms with Crippen LogP contribution in [0.3, 0.4) is 0 Å². The van der Waals surface area contributed by atoms with Gasteiger partial charge in [-0.05, 0) is 19.4 Å². The molecular formula is C9H11NO2. The second kappa shape index (κ2) is 3.34. The van der Waals surface area contributed by atoms with Crippen LogP contribution in [0.4, 0.5) is 0 Å². The first-order valence-electron chi connectivity index (χ1n) is 3.81. The average Bonchev–Trinajstić information content (AvgIpc) is 2.04. The molecule has 0 saturated heterocycles. The minimum Gasteiger partial charge on any atom is -0.275 e. The second-order valence-electron chi connectivity index (χ2n) is 2.77. The van der Waals surface area contributed by atoms with E-state index >= 15 is 0 Å². The van der Waals surface area contributed by atoms with Crippen LogP contribution in [0.25, 0.3) is 0 Å². The summed E-state index contributed by atoms with van der Waals surface area (Å²) in [5.74, 6) is -0.515. The maximum Gasteiger partial charge on any atom is 0.255 e. The van der Waals surface area contributed by atoms with Crippen molar-refractivity contribution >= 4 is 11.8 Å². The highest BCUT2D eigenvalue weighted by atomic mass is 16.2. The van der Waals surface area contributed by atoms with Gasteiger partial charge < -0.3 is 0 Å². The molecule has 1 aliphatic rings. The molecule has 12 heavy (non-hydrogen) atoms. The van der Waals surface area contributed by atoms with Crippen LogP contribution in [0.5, 0.6) is 0 Å². The van der Waals surface area contributed by atoms with Crippen LogP contribution in [0, 0.1) is 0 Å². The number of carbonyl (C=O) groups is 2. The van der Waals surface area contributed by atoms with E-state index in [9.17, 15) is 9.59 Å². The second-order valence-corrected chi connectivity index (χ2v) is 2.77. The van der Waals surface area contributed by atoms with E-state index in [0.717, 1.165) is 6.42 Å². The van der Waals surface area contributed by atoms with Gasteiger partial charge in [-0.25, -0.2) is 0 Å². The molecule has 0 aromatic carbocycles. The molecule has 0 radical (unpaired) electrons. The summed E-state index contributed by atoms with van der Waals surface area (Å²) < 4.78 is 0. The molecule has 0 aromatic heterocycles. The Morgan fingerprint density at radius 1 is 1.67 bits per heavy atom. The maximum atomic E-state index is 11.3. The average molecular weight is 165 g/mol. The Balaban J connectivity index is 2.76. The highest BCUT2D eigenvalue weighted by Gasteiger charge is 2.20. The topological polar surface area (TPSA) is 37.4 Å². The maximum absolute atomic E-state index is 11.3. The Hall–Kier alpha value is -1.38. The molecule has 1 heterocycles. The zero-order chi connectivity index (χ0) is 9.14. The van der Waals surface area contributed by atoms with Gasteiger partial charge in [0.15, 0.2) is 0 Å². The van der Waals surface area contributed by atoms with E-state index in [4.69, 9.17) is 0 Å². The summed E-state index contributed by atoms with van der Waals surface area (Å²) in [6, 6.07) is 0. The van der Waals surface area contributed by atoms with Gasteiger partial charge in [-0.3, -0.25) is 14.5 Å². The van der Waals surface area contributed by atoms with E-state index in [1.54, 1.807) is 13.0 Å². The zero-order valence-electron chi connectivity index (χ0n) is 7.04. The molecule has 1 rings (SSSR count). The highest BCUT2D eigenvalue weighted by Crippen LogP contribution is 2.06. The summed E-state index contributed by atoms with van der Waals surface area (Å²) in [6.07, 6.45) is 3.93. The largest absolute Gasteiger partial charge is 0.275 e. The number of nitrogens with zero attached hydrogens (tertiary/aromatic N) is 1. The third-order valence-electron chi connectivity index (χ3n) is 1.66. The van der Waals surface area contributed by atoms with E-state index in [1.807, 2.05) is 0 Å². The smallest absolute Gasteiger partial charge is 0.255 e. The van der Waals surface area contributed by atoms with Crippen molar-refractivity contribution in [2.45, 2.75) is 13.3 Å². The SMILES string of the molecule is C=C(C)C(=O)N1CCC=CC1=O. The lowest BCUT2D eigenvalue weighted by atomic mass is 10.2. The van der Waals surface area contributed by atoms with Crippen molar-refractivity contribution in [3.05, 3.63) is 24.3 Å². The lowest BCUT2D eigenvalue weighted by Gasteiger charge is -2.21. The number of hydrogen-bond acceptors (Lipinski definition) is 2. The van der Waals surface area contributed by atoms with Crippen molar-refractivity contribution < 1.29 is 9.59 Å². The Labute approximate surface area is 71.4 Å². The Kier molecular flexibility index (Phi) is 2.43. The number of hydrogen-bond donors (Lipinski definition) is 0. The van der Waals surface area contributed by atoms with Gasteiger partial charge in [-0.2, -0.15) is 0 Å². The van der Waals surface area contributed by atoms with Crippen molar-refractivity contribution in [3.8, 4) is 0 Å². The van der Waals surface area contributed by atoms with Crippen LogP contribution in [-0.2, 0) is 9.59 Å². The first-order chi connectivity index (χ1) is 5.63. The molecule has 0 spiro atoms. The van der Waals surface area contributed by atoms with Crippen LogP contribution in [-0.4, -0.2) is 23.3 Å². The molecule has 0 N–H and O–H groups in total. The van der Waals surface area contributed by atoms with Crippen molar-refractivity contribution in [1.82, 2.24) is 4.90 Å². The molecule has 64 valence electrons. The lowest BCUT2D eigenvalue weighted by Crippen LogP contribution is -2.38. The van der Waals surface area contributed by atoms with Gasteiger partial charge in [0, 0.05) is 12.1 Å². The van der Waals surface area contributed by atoms with Crippen LogP contribution in [0.1, 0.15) is 13.3 Å². The molecule has 0 saturated carbocycles. The number of amides is 2. The molecule has 0 bridgehead atoms. The first kappa shape index (κ1) is 8.71. The van der Waals surface area contributed by atoms with E-state index in [-0.39, 0.29) is 11.8 Å². The van der Waals surface area contributed by atoms with Gasteiger partial charge >= 0.3 is 0 Å². The number of rotatable bonds is 1. The van der Waals surface area contributed by atoms with Gasteiger partial charge in [0.1, 0.15) is 0 Å². The number of carbonyl (C=O) groups excluding carboxylic acids is 2. The summed E-state index contributed by atoms with van der Waals surface area (Å²) >= 11 is 0. The van der Waals surface area contributed by atoms with E-state index in [2.05, 4.69) is 6.58 Å². The fourth-order valence-electron chi connectivity index (χ4n) is 1.02. The molecule has 0 aliphatic carbocycles. The Morgan fingerprint density at radius 3 is 2.83 bits per heavy atom. The van der Waals surface area contributed by atoms with Gasteiger partial charge in [-0.15, -0.1) is 0 Å². The fourth-order valence-corrected chi connectivity index (χ4v) is 1.02. The molecule has 0 aromatic rings. The van der Waals surface area contributed by atoms with Gasteiger partial charge in [0.25, 0.3) is 11.8 Å². The molecule has 0 unspecified atom stereocenters. The summed E-state index contributed by atoms with van der Waals surface area (Å²) in [4.78, 5) is 23.6. The molecular weight excluding hydrogens is 154 g/mol. The predicted molar refractivity (Wildman–Crippen MR) is 45.3 cm³/mol. The van der Waals surface area contributed by atoms with E-state index in [0.29, 0.717) is 12.1 Å². The minimum atomic E-state index is -0.274. The molecule has 3 nitrogen and oxygen atoms in total. The van der Waals surface area contributed by atoms with Crippen LogP contribution >= 0.6 is 0 Å². The third-order valence-corrected chi connectivity index (χ3v) is 1.66. The van der Waals surface area contributed by atoms with Crippen molar-refractivity contribution in [3.63, 3.8) is 0 Å². The monoisotopic (exact) mass is 165 g/mol. The summed E-state index contributed by atoms with van der Waals surface area (Å²) in [7, 11) is 0. The van der Waals surface area contributed by atoms with Crippen LogP contribution in [0.2, 0.25) is 0 Å². The molecule has 2 amide bonds. The standard InChI is InChI=1S/C9H11NO2/c1-7(2)9(12)10-6-4-3-5-8(10)11/h3,5H,1,4,6H2,2H3. The van der Waals surface area contributed by atoms with Crippen molar-refractivity contribution in [1.29, 1.82) is 0 Å². The highest BCUT2D eigenvalue weighted by molar-refractivity contribution is 6.07. The van der Waals surface area contributed by atoms with E-state index in [1.165, 1.54) is 11.0 Å². The summed E-state index contributed by atoms with van der Waals surface area (Å²) in [5, 5.41) is 0. The van der Waals surface area contributed by atoms with E-state index < -0.39 is 0 Å². The van der Waals surface area contributed by atoms with Gasteiger partial charge in [0.05, 0.1) is 0 Å². The Morgan fingerprint density at radius 2 is 2.33 bits per heavy atom. The van der Waals surface area contributed by atoms with Gasteiger partial charge in [-0.1, -0.05) is 12.7 Å². The van der Waals surface area contributed by atoms with Crippen LogP contribution in [0.15, 0.2) is 24.3 Å². The fraction of sp³-hybridized carbons (Fsp3) is 0.333. The Bertz CT molecular complexity index is 266. The van der Waals surface area contributed by atoms with Crippen molar-refractivity contribution in [2.75, 3.05) is 6.54 Å². The quantitative estimate of drug-likeness (QED) is 0.541. The normalized spacial score (nSPS) is 16.4. The first-order valence-corrected chi connectivity index (χ1v) is 3.81. The molecule has 0 atom stereocenters. The summed E-state index contributed by atoms with van der Waals surface area (Å²) in [6.45, 7) is 5.58. The molecule has 3 heteroatoms. The molecule has 0 fully saturated rings. The third kappa shape index (κ3) is 1.61. The zero-order valence-corrected chi connectivity index (χ0v) is 7.04. The molecule has 1 aliphatic heterocycles. The van der Waals surface area contributed by atoms with Gasteiger partial charge in [0.2, 0.25) is 0 Å². The van der Waals surface area contributed by atoms with Crippen LogP contribution < -0.4 is 0 Å². The predicted octanol–water partition coefficient (Wildman–Crippen LogP) is 0.878. The summed E-state index contributed by atoms with van der Waals surface area (Å²) in [5.41, 5.74) is 0.402. The number of imide groups is 1. The van der Waals surface area contributed by atoms with Crippen molar-refractivity contribution in [2.24, 2.45) is 0 Å².